The van der Waals surface area contributed by atoms with Crippen molar-refractivity contribution >= 4 is 18.3 Å². The number of rotatable bonds is 5. The van der Waals surface area contributed by atoms with Crippen LogP contribution in [0, 0.1) is 5.82 Å². The number of likely N-dealkylation sites (N-methyl/N-ethyl adjacent to an activating group) is 1. The third-order valence-electron chi connectivity index (χ3n) is 3.98. The average Bonchev–Trinajstić information content (AvgIpc) is 3.02. The van der Waals surface area contributed by atoms with Crippen molar-refractivity contribution in [3.63, 3.8) is 0 Å². The van der Waals surface area contributed by atoms with Gasteiger partial charge in [0, 0.05) is 6.54 Å². The summed E-state index contributed by atoms with van der Waals surface area (Å²) < 4.78 is 24.4. The van der Waals surface area contributed by atoms with Crippen LogP contribution in [0.3, 0.4) is 0 Å². The van der Waals surface area contributed by atoms with Crippen LogP contribution >= 0.6 is 12.4 Å². The Hall–Kier alpha value is -2.31. The van der Waals surface area contributed by atoms with E-state index in [9.17, 15) is 9.18 Å². The van der Waals surface area contributed by atoms with Gasteiger partial charge in [0.25, 0.3) is 5.91 Å². The van der Waals surface area contributed by atoms with Gasteiger partial charge in [0.2, 0.25) is 6.79 Å². The van der Waals surface area contributed by atoms with Crippen LogP contribution in [0.5, 0.6) is 11.5 Å². The minimum absolute atomic E-state index is 0. The van der Waals surface area contributed by atoms with Gasteiger partial charge < -0.3 is 19.7 Å². The summed E-state index contributed by atoms with van der Waals surface area (Å²) in [6, 6.07) is 11.6. The molecule has 5 nitrogen and oxygen atoms in total. The molecule has 0 aliphatic carbocycles. The Kier molecular flexibility index (Phi) is 6.22. The lowest BCUT2D eigenvalue weighted by Gasteiger charge is -2.25. The highest BCUT2D eigenvalue weighted by Gasteiger charge is 2.21. The van der Waals surface area contributed by atoms with Gasteiger partial charge in [-0.2, -0.15) is 0 Å². The van der Waals surface area contributed by atoms with Crippen LogP contribution in [0.2, 0.25) is 0 Å². The summed E-state index contributed by atoms with van der Waals surface area (Å²) in [4.78, 5) is 14.2. The molecule has 1 unspecified atom stereocenters. The monoisotopic (exact) mass is 366 g/mol. The Labute approximate surface area is 152 Å². The fourth-order valence-corrected chi connectivity index (χ4v) is 2.65. The highest BCUT2D eigenvalue weighted by atomic mass is 35.5. The topological polar surface area (TPSA) is 50.8 Å². The number of fused-ring (bicyclic) bond motifs is 1. The normalized spacial score (nSPS) is 13.3. The molecular formula is C18H20ClFN2O3. The Bertz CT molecular complexity index is 755. The van der Waals surface area contributed by atoms with Gasteiger partial charge in [0.05, 0.1) is 11.6 Å². The molecule has 0 aromatic heterocycles. The Morgan fingerprint density at radius 2 is 1.92 bits per heavy atom. The first kappa shape index (κ1) is 19.0. The second-order valence-corrected chi connectivity index (χ2v) is 5.78. The van der Waals surface area contributed by atoms with Crippen LogP contribution in [0.1, 0.15) is 22.0 Å². The fourth-order valence-electron chi connectivity index (χ4n) is 2.65. The maximum absolute atomic E-state index is 13.7. The smallest absolute Gasteiger partial charge is 0.254 e. The van der Waals surface area contributed by atoms with Crippen LogP contribution in [0.15, 0.2) is 42.5 Å². The highest BCUT2D eigenvalue weighted by Crippen LogP contribution is 2.34. The fraction of sp³-hybridized carbons (Fsp3) is 0.278. The van der Waals surface area contributed by atoms with E-state index in [1.54, 1.807) is 12.1 Å². The molecule has 2 aromatic carbocycles. The first-order chi connectivity index (χ1) is 11.6. The molecule has 2 aromatic rings. The van der Waals surface area contributed by atoms with Crippen molar-refractivity contribution < 1.29 is 18.7 Å². The maximum Gasteiger partial charge on any atom is 0.254 e. The van der Waals surface area contributed by atoms with Gasteiger partial charge in [-0.15, -0.1) is 12.4 Å². The van der Waals surface area contributed by atoms with E-state index in [0.29, 0.717) is 18.0 Å². The molecule has 1 N–H and O–H groups in total. The zero-order valence-corrected chi connectivity index (χ0v) is 14.8. The number of carbonyl (C=O) groups is 1. The van der Waals surface area contributed by atoms with Crippen LogP contribution in [-0.4, -0.2) is 38.2 Å². The molecule has 1 aliphatic rings. The molecular weight excluding hydrogens is 347 g/mol. The minimum atomic E-state index is -0.528. The van der Waals surface area contributed by atoms with E-state index >= 15 is 0 Å². The van der Waals surface area contributed by atoms with Gasteiger partial charge in [-0.1, -0.05) is 18.2 Å². The van der Waals surface area contributed by atoms with Crippen molar-refractivity contribution in [2.24, 2.45) is 0 Å². The Morgan fingerprint density at radius 3 is 2.64 bits per heavy atom. The average molecular weight is 367 g/mol. The number of nitrogens with one attached hydrogen (secondary N) is 1. The molecule has 3 rings (SSSR count). The molecule has 1 atom stereocenters. The predicted molar refractivity (Wildman–Crippen MR) is 95.0 cm³/mol. The van der Waals surface area contributed by atoms with E-state index in [-0.39, 0.29) is 30.8 Å². The van der Waals surface area contributed by atoms with Gasteiger partial charge in [-0.3, -0.25) is 4.79 Å². The molecule has 0 saturated carbocycles. The molecule has 0 saturated heterocycles. The molecule has 1 aliphatic heterocycles. The van der Waals surface area contributed by atoms with Crippen molar-refractivity contribution in [2.45, 2.75) is 6.04 Å². The lowest BCUT2D eigenvalue weighted by Crippen LogP contribution is -2.34. The molecule has 7 heteroatoms. The number of hydrogen-bond donors (Lipinski definition) is 1. The first-order valence-corrected chi connectivity index (χ1v) is 7.65. The summed E-state index contributed by atoms with van der Waals surface area (Å²) in [6.45, 7) is 0.565. The van der Waals surface area contributed by atoms with E-state index in [1.807, 2.05) is 37.2 Å². The van der Waals surface area contributed by atoms with Crippen molar-refractivity contribution in [1.29, 1.82) is 0 Å². The standard InChI is InChI=1S/C18H19FN2O3.ClH/c1-21(2)15(12-7-8-16-17(9-12)24-11-23-16)10-20-18(22)13-5-3-4-6-14(13)19;/h3-9,15H,10-11H2,1-2H3,(H,20,22);1H. The Balaban J connectivity index is 0.00000225. The molecule has 1 heterocycles. The number of hydrogen-bond acceptors (Lipinski definition) is 4. The van der Waals surface area contributed by atoms with Gasteiger partial charge in [-0.25, -0.2) is 4.39 Å². The summed E-state index contributed by atoms with van der Waals surface area (Å²) in [6.07, 6.45) is 0. The predicted octanol–water partition coefficient (Wildman–Crippen LogP) is 3.01. The molecule has 25 heavy (non-hydrogen) atoms. The molecule has 0 bridgehead atoms. The second kappa shape index (κ2) is 8.18. The van der Waals surface area contributed by atoms with E-state index in [2.05, 4.69) is 5.32 Å². The number of ether oxygens (including phenoxy) is 2. The van der Waals surface area contributed by atoms with Crippen molar-refractivity contribution in [1.82, 2.24) is 10.2 Å². The van der Waals surface area contributed by atoms with Crippen molar-refractivity contribution in [3.8, 4) is 11.5 Å². The van der Waals surface area contributed by atoms with E-state index in [0.717, 1.165) is 5.56 Å². The van der Waals surface area contributed by atoms with Gasteiger partial charge in [0.1, 0.15) is 5.82 Å². The third-order valence-corrected chi connectivity index (χ3v) is 3.98. The zero-order chi connectivity index (χ0) is 17.1. The van der Waals surface area contributed by atoms with E-state index in [4.69, 9.17) is 9.47 Å². The summed E-state index contributed by atoms with van der Waals surface area (Å²) in [5.74, 6) is 0.451. The lowest BCUT2D eigenvalue weighted by atomic mass is 10.0. The molecule has 1 amide bonds. The van der Waals surface area contributed by atoms with Gasteiger partial charge >= 0.3 is 0 Å². The summed E-state index contributed by atoms with van der Waals surface area (Å²) in [5.41, 5.74) is 1.03. The largest absolute Gasteiger partial charge is 0.454 e. The molecule has 0 spiro atoms. The second-order valence-electron chi connectivity index (χ2n) is 5.78. The highest BCUT2D eigenvalue weighted by molar-refractivity contribution is 5.94. The number of carbonyl (C=O) groups excluding carboxylic acids is 1. The number of benzene rings is 2. The maximum atomic E-state index is 13.7. The van der Waals surface area contributed by atoms with Gasteiger partial charge in [-0.05, 0) is 43.9 Å². The van der Waals surface area contributed by atoms with E-state index in [1.165, 1.54) is 12.1 Å². The zero-order valence-electron chi connectivity index (χ0n) is 14.0. The molecule has 0 radical (unpaired) electrons. The SMILES string of the molecule is CN(C)C(CNC(=O)c1ccccc1F)c1ccc2c(c1)OCO2.Cl. The first-order valence-electron chi connectivity index (χ1n) is 7.65. The van der Waals surface area contributed by atoms with Gasteiger partial charge in [0.15, 0.2) is 11.5 Å². The number of nitrogens with zero attached hydrogens (tertiary/aromatic N) is 1. The summed E-state index contributed by atoms with van der Waals surface area (Å²) in [7, 11) is 3.84. The number of amides is 1. The Morgan fingerprint density at radius 1 is 1.20 bits per heavy atom. The van der Waals surface area contributed by atoms with Crippen molar-refractivity contribution in [3.05, 3.63) is 59.4 Å². The third kappa shape index (κ3) is 4.21. The molecule has 0 fully saturated rings. The van der Waals surface area contributed by atoms with E-state index < -0.39 is 11.7 Å². The van der Waals surface area contributed by atoms with Crippen LogP contribution < -0.4 is 14.8 Å². The quantitative estimate of drug-likeness (QED) is 0.883. The summed E-state index contributed by atoms with van der Waals surface area (Å²) in [5, 5.41) is 2.79. The van der Waals surface area contributed by atoms with Crippen LogP contribution in [-0.2, 0) is 0 Å². The lowest BCUT2D eigenvalue weighted by molar-refractivity contribution is 0.0938. The summed E-state index contributed by atoms with van der Waals surface area (Å²) >= 11 is 0. The van der Waals surface area contributed by atoms with Crippen molar-refractivity contribution in [2.75, 3.05) is 27.4 Å². The molecule has 134 valence electrons. The minimum Gasteiger partial charge on any atom is -0.454 e. The van der Waals surface area contributed by atoms with Crippen LogP contribution in [0.4, 0.5) is 4.39 Å². The number of halogens is 2. The van der Waals surface area contributed by atoms with Crippen LogP contribution in [0.25, 0.3) is 0 Å².